The minimum Gasteiger partial charge on any atom is -0.377 e. The minimum absolute atomic E-state index is 0.00757. The van der Waals surface area contributed by atoms with E-state index in [1.807, 2.05) is 13.8 Å². The molecule has 0 radical (unpaired) electrons. The fourth-order valence-corrected chi connectivity index (χ4v) is 3.41. The van der Waals surface area contributed by atoms with Crippen LogP contribution in [0, 0.1) is 5.92 Å². The zero-order valence-electron chi connectivity index (χ0n) is 12.3. The number of nitrogens with one attached hydrogen (secondary N) is 2. The lowest BCUT2D eigenvalue weighted by Gasteiger charge is -2.40. The molecule has 4 nitrogen and oxygen atoms in total. The second kappa shape index (κ2) is 7.25. The van der Waals surface area contributed by atoms with Crippen LogP contribution in [0.25, 0.3) is 0 Å². The van der Waals surface area contributed by atoms with Crippen LogP contribution in [0.4, 0.5) is 0 Å². The molecule has 1 saturated carbocycles. The number of carbonyl (C=O) groups excluding carboxylic acids is 1. The Labute approximate surface area is 116 Å². The first kappa shape index (κ1) is 14.8. The fourth-order valence-electron chi connectivity index (χ4n) is 3.41. The molecular weight excluding hydrogens is 240 g/mol. The van der Waals surface area contributed by atoms with Crippen molar-refractivity contribution in [2.75, 3.05) is 13.2 Å². The molecule has 4 atom stereocenters. The lowest BCUT2D eigenvalue weighted by molar-refractivity contribution is -0.125. The van der Waals surface area contributed by atoms with E-state index in [9.17, 15) is 4.79 Å². The van der Waals surface area contributed by atoms with E-state index in [0.717, 1.165) is 12.3 Å². The van der Waals surface area contributed by atoms with Crippen LogP contribution < -0.4 is 10.6 Å². The normalized spacial score (nSPS) is 32.4. The molecule has 1 aliphatic carbocycles. The zero-order valence-corrected chi connectivity index (χ0v) is 12.3. The molecule has 1 aliphatic heterocycles. The van der Waals surface area contributed by atoms with Gasteiger partial charge in [0.15, 0.2) is 0 Å². The van der Waals surface area contributed by atoms with E-state index in [0.29, 0.717) is 19.2 Å². The molecule has 2 rings (SSSR count). The lowest BCUT2D eigenvalue weighted by Crippen LogP contribution is -2.55. The molecule has 1 heterocycles. The summed E-state index contributed by atoms with van der Waals surface area (Å²) in [5.41, 5.74) is 0. The Balaban J connectivity index is 1.74. The van der Waals surface area contributed by atoms with Gasteiger partial charge in [0, 0.05) is 19.2 Å². The predicted octanol–water partition coefficient (Wildman–Crippen LogP) is 1.84. The maximum Gasteiger partial charge on any atom is 0.237 e. The van der Waals surface area contributed by atoms with Gasteiger partial charge in [-0.25, -0.2) is 0 Å². The van der Waals surface area contributed by atoms with Gasteiger partial charge in [-0.1, -0.05) is 12.8 Å². The number of ether oxygens (including phenoxy) is 1. The Kier molecular flexibility index (Phi) is 5.64. The molecule has 2 fully saturated rings. The highest BCUT2D eigenvalue weighted by Crippen LogP contribution is 2.32. The Morgan fingerprint density at radius 1 is 1.32 bits per heavy atom. The second-order valence-corrected chi connectivity index (χ2v) is 5.96. The summed E-state index contributed by atoms with van der Waals surface area (Å²) in [5.74, 6) is 0.954. The molecule has 19 heavy (non-hydrogen) atoms. The quantitative estimate of drug-likeness (QED) is 0.800. The van der Waals surface area contributed by atoms with Crippen molar-refractivity contribution in [1.29, 1.82) is 0 Å². The molecule has 2 aliphatic rings. The number of hydrogen-bond acceptors (Lipinski definition) is 3. The van der Waals surface area contributed by atoms with E-state index in [1.165, 1.54) is 32.1 Å². The van der Waals surface area contributed by atoms with E-state index >= 15 is 0 Å². The predicted molar refractivity (Wildman–Crippen MR) is 76.0 cm³/mol. The topological polar surface area (TPSA) is 50.4 Å². The highest BCUT2D eigenvalue weighted by Gasteiger charge is 2.34. The molecule has 0 aromatic carbocycles. The van der Waals surface area contributed by atoms with E-state index in [-0.39, 0.29) is 18.1 Å². The third-order valence-electron chi connectivity index (χ3n) is 4.48. The van der Waals surface area contributed by atoms with Crippen LogP contribution in [0.5, 0.6) is 0 Å². The molecule has 1 amide bonds. The van der Waals surface area contributed by atoms with Crippen LogP contribution in [-0.4, -0.2) is 37.2 Å². The molecule has 4 unspecified atom stereocenters. The third-order valence-corrected chi connectivity index (χ3v) is 4.48. The molecule has 1 saturated heterocycles. The van der Waals surface area contributed by atoms with Gasteiger partial charge in [0.05, 0.1) is 12.1 Å². The number of fused-ring (bicyclic) bond motifs is 1. The Morgan fingerprint density at radius 3 is 2.89 bits per heavy atom. The van der Waals surface area contributed by atoms with Crippen LogP contribution in [-0.2, 0) is 9.53 Å². The monoisotopic (exact) mass is 268 g/mol. The first-order valence-electron chi connectivity index (χ1n) is 7.86. The first-order chi connectivity index (χ1) is 9.20. The van der Waals surface area contributed by atoms with Crippen molar-refractivity contribution in [3.63, 3.8) is 0 Å². The van der Waals surface area contributed by atoms with Gasteiger partial charge in [0.1, 0.15) is 0 Å². The van der Waals surface area contributed by atoms with Gasteiger partial charge in [-0.3, -0.25) is 4.79 Å². The van der Waals surface area contributed by atoms with E-state index in [4.69, 9.17) is 4.74 Å². The van der Waals surface area contributed by atoms with Crippen molar-refractivity contribution in [3.05, 3.63) is 0 Å². The maximum atomic E-state index is 12.2. The van der Waals surface area contributed by atoms with Gasteiger partial charge < -0.3 is 15.4 Å². The standard InChI is InChI=1S/C15H28N2O2/c1-3-19-11(2)10-16-15(18)14-9-8-12-6-4-5-7-13(12)17-14/h11-14,17H,3-10H2,1-2H3,(H,16,18). The van der Waals surface area contributed by atoms with Crippen LogP contribution in [0.2, 0.25) is 0 Å². The number of rotatable bonds is 5. The summed E-state index contributed by atoms with van der Waals surface area (Å²) >= 11 is 0. The van der Waals surface area contributed by atoms with Crippen molar-refractivity contribution < 1.29 is 9.53 Å². The number of piperidine rings is 1. The summed E-state index contributed by atoms with van der Waals surface area (Å²) in [4.78, 5) is 12.2. The SMILES string of the molecule is CCOC(C)CNC(=O)C1CCC2CCCCC2N1. The molecule has 110 valence electrons. The van der Waals surface area contributed by atoms with Crippen molar-refractivity contribution in [1.82, 2.24) is 10.6 Å². The molecule has 2 N–H and O–H groups in total. The van der Waals surface area contributed by atoms with E-state index in [1.54, 1.807) is 0 Å². The highest BCUT2D eigenvalue weighted by molar-refractivity contribution is 5.81. The average molecular weight is 268 g/mol. The highest BCUT2D eigenvalue weighted by atomic mass is 16.5. The zero-order chi connectivity index (χ0) is 13.7. The summed E-state index contributed by atoms with van der Waals surface area (Å²) in [7, 11) is 0. The van der Waals surface area contributed by atoms with Crippen molar-refractivity contribution in [2.45, 2.75) is 70.6 Å². The van der Waals surface area contributed by atoms with Gasteiger partial charge in [-0.05, 0) is 45.4 Å². The Bertz CT molecular complexity index is 296. The Morgan fingerprint density at radius 2 is 2.11 bits per heavy atom. The van der Waals surface area contributed by atoms with Gasteiger partial charge in [0.25, 0.3) is 0 Å². The van der Waals surface area contributed by atoms with Gasteiger partial charge in [-0.15, -0.1) is 0 Å². The lowest BCUT2D eigenvalue weighted by atomic mass is 9.77. The average Bonchev–Trinajstić information content (AvgIpc) is 2.44. The molecular formula is C15H28N2O2. The fraction of sp³-hybridized carbons (Fsp3) is 0.933. The van der Waals surface area contributed by atoms with Gasteiger partial charge in [-0.2, -0.15) is 0 Å². The summed E-state index contributed by atoms with van der Waals surface area (Å²) in [6.45, 7) is 5.28. The van der Waals surface area contributed by atoms with Crippen molar-refractivity contribution in [3.8, 4) is 0 Å². The summed E-state index contributed by atoms with van der Waals surface area (Å²) in [6, 6.07) is 0.579. The minimum atomic E-state index is 0.00757. The van der Waals surface area contributed by atoms with Crippen LogP contribution >= 0.6 is 0 Å². The summed E-state index contributed by atoms with van der Waals surface area (Å²) in [5, 5.41) is 6.56. The molecule has 0 spiro atoms. The second-order valence-electron chi connectivity index (χ2n) is 5.96. The number of hydrogen-bond donors (Lipinski definition) is 2. The third kappa shape index (κ3) is 4.18. The smallest absolute Gasteiger partial charge is 0.237 e. The Hall–Kier alpha value is -0.610. The van der Waals surface area contributed by atoms with Crippen molar-refractivity contribution >= 4 is 5.91 Å². The molecule has 4 heteroatoms. The van der Waals surface area contributed by atoms with Crippen LogP contribution in [0.3, 0.4) is 0 Å². The largest absolute Gasteiger partial charge is 0.377 e. The van der Waals surface area contributed by atoms with E-state index in [2.05, 4.69) is 10.6 Å². The van der Waals surface area contributed by atoms with Gasteiger partial charge >= 0.3 is 0 Å². The maximum absolute atomic E-state index is 12.2. The van der Waals surface area contributed by atoms with E-state index < -0.39 is 0 Å². The summed E-state index contributed by atoms with van der Waals surface area (Å²) in [6.07, 6.45) is 7.54. The van der Waals surface area contributed by atoms with Gasteiger partial charge in [0.2, 0.25) is 5.91 Å². The summed E-state index contributed by atoms with van der Waals surface area (Å²) < 4.78 is 5.43. The molecule has 0 aromatic rings. The van der Waals surface area contributed by atoms with Crippen molar-refractivity contribution in [2.24, 2.45) is 5.92 Å². The number of amides is 1. The number of carbonyl (C=O) groups is 1. The molecule has 0 aromatic heterocycles. The first-order valence-corrected chi connectivity index (χ1v) is 7.86. The molecule has 0 bridgehead atoms. The van der Waals surface area contributed by atoms with Crippen LogP contribution in [0.1, 0.15) is 52.4 Å². The van der Waals surface area contributed by atoms with Crippen LogP contribution in [0.15, 0.2) is 0 Å².